The van der Waals surface area contributed by atoms with Gasteiger partial charge in [-0.1, -0.05) is 48.0 Å². The van der Waals surface area contributed by atoms with Gasteiger partial charge in [0.15, 0.2) is 9.75 Å². The number of imide groups is 2. The standard InChI is InChI=1S/C34H27Cl2FN2O6/c35-33-18-25-22(14-15-24-27(25)30(42)38(29(24)41)20-6-2-1-3-7-20)28(23-8-4-5-9-26(23)45-17-16-40)34(33,36)32(44)39(31(33)43)21-12-10-19(37)11-13-21/h1-14,24-25,27-28,40H,15-18H2. The Labute approximate surface area is 268 Å². The van der Waals surface area contributed by atoms with Crippen LogP contribution in [0.15, 0.2) is 90.5 Å². The molecule has 6 atom stereocenters. The average Bonchev–Trinajstić information content (AvgIpc) is 3.39. The first kappa shape index (κ1) is 29.6. The van der Waals surface area contributed by atoms with Gasteiger partial charge in [-0.15, -0.1) is 23.2 Å². The van der Waals surface area contributed by atoms with E-state index in [0.29, 0.717) is 22.6 Å². The van der Waals surface area contributed by atoms with Gasteiger partial charge < -0.3 is 9.84 Å². The minimum atomic E-state index is -2.08. The molecule has 0 radical (unpaired) electrons. The lowest BCUT2D eigenvalue weighted by Crippen LogP contribution is -2.60. The highest BCUT2D eigenvalue weighted by Crippen LogP contribution is 2.66. The lowest BCUT2D eigenvalue weighted by molar-refractivity contribution is -0.125. The largest absolute Gasteiger partial charge is 0.491 e. The number of amides is 4. The van der Waals surface area contributed by atoms with Crippen LogP contribution < -0.4 is 14.5 Å². The SMILES string of the molecule is O=C1C2CC=C3C(CC4(Cl)C(=O)N(c5ccc(F)cc5)C(=O)C4(Cl)C3c3ccccc3OCCO)C2C(=O)N1c1ccccc1. The molecule has 0 spiro atoms. The molecule has 11 heteroatoms. The number of para-hydroxylation sites is 2. The Balaban J connectivity index is 1.41. The van der Waals surface area contributed by atoms with E-state index in [-0.39, 0.29) is 37.6 Å². The molecule has 7 rings (SSSR count). The van der Waals surface area contributed by atoms with Gasteiger partial charge in [0.25, 0.3) is 11.8 Å². The smallest absolute Gasteiger partial charge is 0.258 e. The van der Waals surface area contributed by atoms with Crippen LogP contribution in [0.5, 0.6) is 5.75 Å². The van der Waals surface area contributed by atoms with E-state index in [1.807, 2.05) is 6.08 Å². The van der Waals surface area contributed by atoms with Gasteiger partial charge in [0.05, 0.1) is 29.8 Å². The van der Waals surface area contributed by atoms with E-state index in [1.165, 1.54) is 17.0 Å². The third-order valence-electron chi connectivity index (χ3n) is 9.49. The van der Waals surface area contributed by atoms with Crippen molar-refractivity contribution in [3.8, 4) is 5.75 Å². The number of ether oxygens (including phenoxy) is 1. The number of halogens is 3. The second-order valence-electron chi connectivity index (χ2n) is 11.7. The monoisotopic (exact) mass is 648 g/mol. The molecule has 4 amide bonds. The zero-order chi connectivity index (χ0) is 31.7. The number of fused-ring (bicyclic) bond motifs is 4. The fourth-order valence-corrected chi connectivity index (χ4v) is 8.51. The zero-order valence-electron chi connectivity index (χ0n) is 23.7. The quantitative estimate of drug-likeness (QED) is 0.230. The molecule has 2 heterocycles. The number of carbonyl (C=O) groups is 4. The fraction of sp³-hybridized carbons (Fsp3) is 0.294. The van der Waals surface area contributed by atoms with Gasteiger partial charge in [0.1, 0.15) is 18.2 Å². The van der Waals surface area contributed by atoms with Crippen molar-refractivity contribution in [2.45, 2.75) is 28.5 Å². The zero-order valence-corrected chi connectivity index (χ0v) is 25.2. The highest BCUT2D eigenvalue weighted by atomic mass is 35.5. The summed E-state index contributed by atoms with van der Waals surface area (Å²) in [7, 11) is 0. The van der Waals surface area contributed by atoms with Crippen LogP contribution in [0.25, 0.3) is 0 Å². The second-order valence-corrected chi connectivity index (χ2v) is 12.9. The summed E-state index contributed by atoms with van der Waals surface area (Å²) in [4.78, 5) is 54.6. The molecule has 3 fully saturated rings. The van der Waals surface area contributed by atoms with Crippen LogP contribution in [0.3, 0.4) is 0 Å². The van der Waals surface area contributed by atoms with Crippen molar-refractivity contribution in [3.05, 3.63) is 102 Å². The molecule has 8 nitrogen and oxygen atoms in total. The predicted molar refractivity (Wildman–Crippen MR) is 165 cm³/mol. The lowest BCUT2D eigenvalue weighted by Gasteiger charge is -2.50. The molecule has 4 aliphatic rings. The Morgan fingerprint density at radius 3 is 2.20 bits per heavy atom. The van der Waals surface area contributed by atoms with Crippen molar-refractivity contribution >= 4 is 58.2 Å². The molecule has 3 aromatic rings. The number of rotatable bonds is 6. The van der Waals surface area contributed by atoms with Crippen LogP contribution in [0.2, 0.25) is 0 Å². The van der Waals surface area contributed by atoms with E-state index in [9.17, 15) is 28.7 Å². The number of allylic oxidation sites excluding steroid dienone is 2. The summed E-state index contributed by atoms with van der Waals surface area (Å²) < 4.78 is 19.7. The maximum absolute atomic E-state index is 14.5. The maximum Gasteiger partial charge on any atom is 0.258 e. The molecule has 3 aromatic carbocycles. The molecule has 2 aliphatic heterocycles. The lowest BCUT2D eigenvalue weighted by atomic mass is 9.56. The van der Waals surface area contributed by atoms with Gasteiger partial charge in [-0.25, -0.2) is 9.29 Å². The number of benzene rings is 3. The molecule has 2 aliphatic carbocycles. The molecule has 0 bridgehead atoms. The molecular weight excluding hydrogens is 622 g/mol. The van der Waals surface area contributed by atoms with Crippen molar-refractivity contribution < 1.29 is 33.4 Å². The average molecular weight is 650 g/mol. The van der Waals surface area contributed by atoms with Crippen LogP contribution in [0.4, 0.5) is 15.8 Å². The topological polar surface area (TPSA) is 104 Å². The molecule has 0 aromatic heterocycles. The normalized spacial score (nSPS) is 30.6. The first-order valence-corrected chi connectivity index (χ1v) is 15.4. The highest BCUT2D eigenvalue weighted by Gasteiger charge is 2.77. The number of alkyl halides is 2. The number of anilines is 2. The number of hydrogen-bond acceptors (Lipinski definition) is 6. The van der Waals surface area contributed by atoms with Gasteiger partial charge in [-0.3, -0.25) is 24.1 Å². The minimum Gasteiger partial charge on any atom is -0.491 e. The van der Waals surface area contributed by atoms with Crippen molar-refractivity contribution in [1.29, 1.82) is 0 Å². The minimum absolute atomic E-state index is 0.0498. The molecule has 2 saturated heterocycles. The van der Waals surface area contributed by atoms with Crippen LogP contribution >= 0.6 is 23.2 Å². The first-order chi connectivity index (χ1) is 21.6. The molecule has 45 heavy (non-hydrogen) atoms. The Morgan fingerprint density at radius 2 is 1.49 bits per heavy atom. The number of nitrogens with zero attached hydrogens (tertiary/aromatic N) is 2. The summed E-state index contributed by atoms with van der Waals surface area (Å²) in [5, 5.41) is 9.50. The summed E-state index contributed by atoms with van der Waals surface area (Å²) in [6.07, 6.45) is 1.87. The summed E-state index contributed by atoms with van der Waals surface area (Å²) in [5.41, 5.74) is 1.60. The van der Waals surface area contributed by atoms with E-state index in [4.69, 9.17) is 27.9 Å². The number of aliphatic hydroxyl groups excluding tert-OH is 1. The van der Waals surface area contributed by atoms with Gasteiger partial charge in [-0.2, -0.15) is 0 Å². The Hall–Kier alpha value is -4.05. The highest BCUT2D eigenvalue weighted by molar-refractivity contribution is 6.58. The van der Waals surface area contributed by atoms with Crippen molar-refractivity contribution in [2.75, 3.05) is 23.0 Å². The molecule has 1 saturated carbocycles. The third-order valence-corrected chi connectivity index (χ3v) is 10.9. The number of aliphatic hydroxyl groups is 1. The maximum atomic E-state index is 14.5. The molecular formula is C34H27Cl2FN2O6. The van der Waals surface area contributed by atoms with Crippen LogP contribution in [0, 0.1) is 23.6 Å². The Bertz CT molecular complexity index is 1770. The van der Waals surface area contributed by atoms with Gasteiger partial charge >= 0.3 is 0 Å². The van der Waals surface area contributed by atoms with Crippen molar-refractivity contribution in [2.24, 2.45) is 17.8 Å². The van der Waals surface area contributed by atoms with E-state index in [2.05, 4.69) is 0 Å². The Morgan fingerprint density at radius 1 is 0.822 bits per heavy atom. The van der Waals surface area contributed by atoms with Crippen molar-refractivity contribution in [3.63, 3.8) is 0 Å². The third kappa shape index (κ3) is 4.14. The second kappa shape index (κ2) is 10.8. The van der Waals surface area contributed by atoms with Crippen molar-refractivity contribution in [1.82, 2.24) is 0 Å². The summed E-state index contributed by atoms with van der Waals surface area (Å²) in [6.45, 7) is -0.326. The van der Waals surface area contributed by atoms with Crippen LogP contribution in [-0.2, 0) is 19.2 Å². The van der Waals surface area contributed by atoms with Crippen LogP contribution in [0.1, 0.15) is 24.3 Å². The van der Waals surface area contributed by atoms with Crippen LogP contribution in [-0.4, -0.2) is 51.7 Å². The van der Waals surface area contributed by atoms with Gasteiger partial charge in [0, 0.05) is 11.5 Å². The summed E-state index contributed by atoms with van der Waals surface area (Å²) >= 11 is 14.8. The predicted octanol–water partition coefficient (Wildman–Crippen LogP) is 4.96. The van der Waals surface area contributed by atoms with Gasteiger partial charge in [-0.05, 0) is 61.2 Å². The molecule has 230 valence electrons. The molecule has 6 unspecified atom stereocenters. The number of carbonyl (C=O) groups excluding carboxylic acids is 4. The van der Waals surface area contributed by atoms with E-state index >= 15 is 0 Å². The van der Waals surface area contributed by atoms with E-state index in [0.717, 1.165) is 17.0 Å². The van der Waals surface area contributed by atoms with Gasteiger partial charge in [0.2, 0.25) is 11.8 Å². The summed E-state index contributed by atoms with van der Waals surface area (Å²) in [5.74, 6) is -5.92. The summed E-state index contributed by atoms with van der Waals surface area (Å²) in [6, 6.07) is 20.3. The van der Waals surface area contributed by atoms with E-state index in [1.54, 1.807) is 54.6 Å². The number of hydrogen-bond donors (Lipinski definition) is 1. The Kier molecular flexibility index (Phi) is 7.11. The first-order valence-electron chi connectivity index (χ1n) is 14.6. The fourth-order valence-electron chi connectivity index (χ4n) is 7.58. The van der Waals surface area contributed by atoms with E-state index < -0.39 is 57.0 Å². The molecule has 1 N–H and O–H groups in total.